The standard InChI is InChI=1S/C15H14ClN3/c1-9-4-3-5-13-14(9)19(2)15(18-13)10-6-7-12(17)11(16)8-10/h3-8H,17H2,1-2H3. The number of aryl methyl sites for hydroxylation is 2. The molecule has 0 unspecified atom stereocenters. The molecule has 0 aliphatic carbocycles. The van der Waals surface area contributed by atoms with Crippen molar-refractivity contribution in [3.8, 4) is 11.4 Å². The fraction of sp³-hybridized carbons (Fsp3) is 0.133. The Labute approximate surface area is 116 Å². The molecule has 0 spiro atoms. The van der Waals surface area contributed by atoms with Crippen molar-refractivity contribution in [3.05, 3.63) is 47.0 Å². The van der Waals surface area contributed by atoms with E-state index >= 15 is 0 Å². The number of fused-ring (bicyclic) bond motifs is 1. The summed E-state index contributed by atoms with van der Waals surface area (Å²) in [5, 5.41) is 0.557. The van der Waals surface area contributed by atoms with Crippen molar-refractivity contribution in [3.63, 3.8) is 0 Å². The average molecular weight is 272 g/mol. The fourth-order valence-corrected chi connectivity index (χ4v) is 2.57. The SMILES string of the molecule is Cc1cccc2nc(-c3ccc(N)c(Cl)c3)n(C)c12. The smallest absolute Gasteiger partial charge is 0.140 e. The van der Waals surface area contributed by atoms with Crippen LogP contribution >= 0.6 is 11.6 Å². The number of benzene rings is 2. The summed E-state index contributed by atoms with van der Waals surface area (Å²) in [7, 11) is 2.02. The highest BCUT2D eigenvalue weighted by Gasteiger charge is 2.12. The van der Waals surface area contributed by atoms with Gasteiger partial charge < -0.3 is 10.3 Å². The Morgan fingerprint density at radius 3 is 2.68 bits per heavy atom. The molecule has 96 valence electrons. The molecule has 0 amide bonds. The van der Waals surface area contributed by atoms with Crippen molar-refractivity contribution in [2.45, 2.75) is 6.92 Å². The summed E-state index contributed by atoms with van der Waals surface area (Å²) in [5.41, 5.74) is 10.6. The molecule has 0 atom stereocenters. The first-order valence-electron chi connectivity index (χ1n) is 6.05. The highest BCUT2D eigenvalue weighted by Crippen LogP contribution is 2.29. The molecule has 0 radical (unpaired) electrons. The number of halogens is 1. The highest BCUT2D eigenvalue weighted by molar-refractivity contribution is 6.33. The Kier molecular flexibility index (Phi) is 2.72. The number of hydrogen-bond donors (Lipinski definition) is 1. The van der Waals surface area contributed by atoms with E-state index in [0.717, 1.165) is 22.4 Å². The molecule has 0 aliphatic heterocycles. The molecule has 1 aromatic heterocycles. The number of nitrogens with two attached hydrogens (primary N) is 1. The van der Waals surface area contributed by atoms with Crippen LogP contribution in [0.3, 0.4) is 0 Å². The van der Waals surface area contributed by atoms with Gasteiger partial charge in [-0.2, -0.15) is 0 Å². The predicted octanol–water partition coefficient (Wildman–Crippen LogP) is 3.78. The lowest BCUT2D eigenvalue weighted by Crippen LogP contribution is -1.94. The topological polar surface area (TPSA) is 43.8 Å². The minimum Gasteiger partial charge on any atom is -0.398 e. The van der Waals surface area contributed by atoms with Crippen LogP contribution in [0.15, 0.2) is 36.4 Å². The summed E-state index contributed by atoms with van der Waals surface area (Å²) in [6.07, 6.45) is 0. The van der Waals surface area contributed by atoms with Crippen molar-refractivity contribution < 1.29 is 0 Å². The number of anilines is 1. The molecule has 19 heavy (non-hydrogen) atoms. The Hall–Kier alpha value is -2.00. The first-order chi connectivity index (χ1) is 9.08. The first kappa shape index (κ1) is 12.1. The number of para-hydroxylation sites is 1. The monoisotopic (exact) mass is 271 g/mol. The summed E-state index contributed by atoms with van der Waals surface area (Å²) in [4.78, 5) is 4.68. The van der Waals surface area contributed by atoms with Crippen molar-refractivity contribution >= 4 is 28.3 Å². The van der Waals surface area contributed by atoms with E-state index in [1.807, 2.05) is 37.4 Å². The van der Waals surface area contributed by atoms with Gasteiger partial charge >= 0.3 is 0 Å². The summed E-state index contributed by atoms with van der Waals surface area (Å²) >= 11 is 6.08. The van der Waals surface area contributed by atoms with E-state index in [-0.39, 0.29) is 0 Å². The predicted molar refractivity (Wildman–Crippen MR) is 80.3 cm³/mol. The van der Waals surface area contributed by atoms with Gasteiger partial charge in [0.1, 0.15) is 5.82 Å². The lowest BCUT2D eigenvalue weighted by Gasteiger charge is -2.05. The molecule has 0 saturated carbocycles. The number of nitrogens with zero attached hydrogens (tertiary/aromatic N) is 2. The summed E-state index contributed by atoms with van der Waals surface area (Å²) in [6, 6.07) is 11.7. The molecule has 0 bridgehead atoms. The van der Waals surface area contributed by atoms with Crippen LogP contribution in [-0.2, 0) is 7.05 Å². The van der Waals surface area contributed by atoms with Crippen LogP contribution < -0.4 is 5.73 Å². The molecule has 4 heteroatoms. The number of nitrogen functional groups attached to an aromatic ring is 1. The number of imidazole rings is 1. The molecule has 0 saturated heterocycles. The Morgan fingerprint density at radius 2 is 2.00 bits per heavy atom. The number of rotatable bonds is 1. The van der Waals surface area contributed by atoms with Gasteiger partial charge in [0.25, 0.3) is 0 Å². The van der Waals surface area contributed by atoms with Crippen LogP contribution in [0.25, 0.3) is 22.4 Å². The zero-order valence-electron chi connectivity index (χ0n) is 10.8. The first-order valence-corrected chi connectivity index (χ1v) is 6.43. The zero-order chi connectivity index (χ0) is 13.6. The Balaban J connectivity index is 2.28. The van der Waals surface area contributed by atoms with Gasteiger partial charge in [0, 0.05) is 12.6 Å². The Bertz CT molecular complexity index is 774. The van der Waals surface area contributed by atoms with Gasteiger partial charge in [-0.1, -0.05) is 23.7 Å². The van der Waals surface area contributed by atoms with Crippen molar-refractivity contribution in [1.29, 1.82) is 0 Å². The summed E-state index contributed by atoms with van der Waals surface area (Å²) in [5.74, 6) is 0.895. The molecule has 0 aliphatic rings. The van der Waals surface area contributed by atoms with E-state index in [2.05, 4.69) is 22.5 Å². The maximum Gasteiger partial charge on any atom is 0.140 e. The van der Waals surface area contributed by atoms with E-state index in [1.165, 1.54) is 5.56 Å². The van der Waals surface area contributed by atoms with Crippen LogP contribution in [0.4, 0.5) is 5.69 Å². The summed E-state index contributed by atoms with van der Waals surface area (Å²) < 4.78 is 2.09. The second-order valence-electron chi connectivity index (χ2n) is 4.67. The van der Waals surface area contributed by atoms with Gasteiger partial charge in [-0.15, -0.1) is 0 Å². The van der Waals surface area contributed by atoms with E-state index in [1.54, 1.807) is 0 Å². The normalized spacial score (nSPS) is 11.1. The van der Waals surface area contributed by atoms with E-state index in [0.29, 0.717) is 10.7 Å². The largest absolute Gasteiger partial charge is 0.398 e. The second-order valence-corrected chi connectivity index (χ2v) is 5.08. The quantitative estimate of drug-likeness (QED) is 0.685. The average Bonchev–Trinajstić information content (AvgIpc) is 2.72. The third-order valence-electron chi connectivity index (χ3n) is 3.35. The lowest BCUT2D eigenvalue weighted by molar-refractivity contribution is 0.955. The fourth-order valence-electron chi connectivity index (χ4n) is 2.39. The zero-order valence-corrected chi connectivity index (χ0v) is 11.6. The maximum absolute atomic E-state index is 6.08. The maximum atomic E-state index is 6.08. The van der Waals surface area contributed by atoms with E-state index < -0.39 is 0 Å². The molecule has 2 N–H and O–H groups in total. The van der Waals surface area contributed by atoms with Gasteiger partial charge in [0.2, 0.25) is 0 Å². The lowest BCUT2D eigenvalue weighted by atomic mass is 10.2. The number of aromatic nitrogens is 2. The highest BCUT2D eigenvalue weighted by atomic mass is 35.5. The molecule has 2 aromatic carbocycles. The van der Waals surface area contributed by atoms with Gasteiger partial charge in [-0.05, 0) is 36.8 Å². The molecule has 3 rings (SSSR count). The van der Waals surface area contributed by atoms with Crippen molar-refractivity contribution in [1.82, 2.24) is 9.55 Å². The molecular weight excluding hydrogens is 258 g/mol. The van der Waals surface area contributed by atoms with Crippen LogP contribution in [0.2, 0.25) is 5.02 Å². The van der Waals surface area contributed by atoms with Gasteiger partial charge in [-0.25, -0.2) is 4.98 Å². The van der Waals surface area contributed by atoms with Crippen molar-refractivity contribution in [2.24, 2.45) is 7.05 Å². The van der Waals surface area contributed by atoms with Gasteiger partial charge in [-0.3, -0.25) is 0 Å². The minimum atomic E-state index is 0.557. The molecule has 3 aromatic rings. The van der Waals surface area contributed by atoms with Crippen LogP contribution in [0.1, 0.15) is 5.56 Å². The van der Waals surface area contributed by atoms with Crippen molar-refractivity contribution in [2.75, 3.05) is 5.73 Å². The van der Waals surface area contributed by atoms with Crippen LogP contribution in [0.5, 0.6) is 0 Å². The van der Waals surface area contributed by atoms with Gasteiger partial charge in [0.05, 0.1) is 21.7 Å². The molecule has 0 fully saturated rings. The third-order valence-corrected chi connectivity index (χ3v) is 3.68. The Morgan fingerprint density at radius 1 is 1.21 bits per heavy atom. The number of hydrogen-bond acceptors (Lipinski definition) is 2. The summed E-state index contributed by atoms with van der Waals surface area (Å²) in [6.45, 7) is 2.09. The minimum absolute atomic E-state index is 0.557. The van der Waals surface area contributed by atoms with Crippen LogP contribution in [-0.4, -0.2) is 9.55 Å². The molecule has 1 heterocycles. The molecule has 3 nitrogen and oxygen atoms in total. The van der Waals surface area contributed by atoms with Crippen LogP contribution in [0, 0.1) is 6.92 Å². The second kappa shape index (κ2) is 4.28. The molecular formula is C15H14ClN3. The van der Waals surface area contributed by atoms with Gasteiger partial charge in [0.15, 0.2) is 0 Å². The van der Waals surface area contributed by atoms with E-state index in [9.17, 15) is 0 Å². The van der Waals surface area contributed by atoms with E-state index in [4.69, 9.17) is 17.3 Å². The third kappa shape index (κ3) is 1.87.